The van der Waals surface area contributed by atoms with Gasteiger partial charge >= 0.3 is 0 Å². The number of piperazine rings is 1. The first-order valence-corrected chi connectivity index (χ1v) is 8.44. The van der Waals surface area contributed by atoms with Gasteiger partial charge in [-0.15, -0.1) is 0 Å². The molecule has 132 valence electrons. The van der Waals surface area contributed by atoms with Crippen molar-refractivity contribution in [2.75, 3.05) is 33.0 Å². The lowest BCUT2D eigenvalue weighted by atomic mass is 10.1. The number of hydrogen-bond acceptors (Lipinski definition) is 6. The number of amides is 1. The van der Waals surface area contributed by atoms with Crippen molar-refractivity contribution in [1.29, 1.82) is 0 Å². The molecule has 25 heavy (non-hydrogen) atoms. The highest BCUT2D eigenvalue weighted by Crippen LogP contribution is 2.32. The second-order valence-electron chi connectivity index (χ2n) is 6.34. The van der Waals surface area contributed by atoms with Crippen LogP contribution in [0.25, 0.3) is 0 Å². The zero-order valence-electron chi connectivity index (χ0n) is 14.2. The van der Waals surface area contributed by atoms with Crippen molar-refractivity contribution in [2.45, 2.75) is 19.5 Å². The first kappa shape index (κ1) is 15.9. The lowest BCUT2D eigenvalue weighted by molar-refractivity contribution is -0.136. The van der Waals surface area contributed by atoms with Crippen molar-refractivity contribution in [3.8, 4) is 11.5 Å². The van der Waals surface area contributed by atoms with E-state index in [1.807, 2.05) is 24.0 Å². The van der Waals surface area contributed by atoms with Crippen LogP contribution in [-0.4, -0.2) is 63.4 Å². The Morgan fingerprint density at radius 1 is 1.20 bits per heavy atom. The third kappa shape index (κ3) is 3.30. The van der Waals surface area contributed by atoms with E-state index in [0.717, 1.165) is 44.2 Å². The molecule has 8 nitrogen and oxygen atoms in total. The maximum Gasteiger partial charge on any atom is 0.247 e. The van der Waals surface area contributed by atoms with E-state index in [9.17, 15) is 4.79 Å². The third-order valence-corrected chi connectivity index (χ3v) is 4.72. The molecule has 0 radical (unpaired) electrons. The fraction of sp³-hybridized carbons (Fsp3) is 0.471. The Labute approximate surface area is 145 Å². The Morgan fingerprint density at radius 3 is 2.76 bits per heavy atom. The minimum Gasteiger partial charge on any atom is -0.454 e. The topological polar surface area (TPSA) is 72.7 Å². The molecule has 0 bridgehead atoms. The Balaban J connectivity index is 1.31. The number of carbonyl (C=O) groups excluding carboxylic acids is 1. The van der Waals surface area contributed by atoms with Crippen molar-refractivity contribution in [1.82, 2.24) is 24.6 Å². The van der Waals surface area contributed by atoms with E-state index in [2.05, 4.69) is 21.0 Å². The molecule has 2 aromatic rings. The molecule has 1 unspecified atom stereocenters. The van der Waals surface area contributed by atoms with E-state index in [1.54, 1.807) is 11.0 Å². The van der Waals surface area contributed by atoms with Crippen LogP contribution in [0.5, 0.6) is 11.5 Å². The van der Waals surface area contributed by atoms with E-state index >= 15 is 0 Å². The van der Waals surface area contributed by atoms with Crippen molar-refractivity contribution < 1.29 is 14.3 Å². The molecule has 0 N–H and O–H groups in total. The molecule has 0 spiro atoms. The summed E-state index contributed by atoms with van der Waals surface area (Å²) in [7, 11) is 0. The SMILES string of the molecule is CC(C(=O)N1CCN(Cc2ccc3c(c2)OCO3)CC1)n1cncn1. The predicted molar refractivity (Wildman–Crippen MR) is 89.2 cm³/mol. The molecule has 2 aliphatic rings. The van der Waals surface area contributed by atoms with Gasteiger partial charge in [0.05, 0.1) is 0 Å². The highest BCUT2D eigenvalue weighted by molar-refractivity contribution is 5.80. The quantitative estimate of drug-likeness (QED) is 0.822. The Kier molecular flexibility index (Phi) is 4.27. The van der Waals surface area contributed by atoms with Gasteiger partial charge < -0.3 is 14.4 Å². The summed E-state index contributed by atoms with van der Waals surface area (Å²) in [6.07, 6.45) is 3.03. The summed E-state index contributed by atoms with van der Waals surface area (Å²) in [5, 5.41) is 4.06. The first-order chi connectivity index (χ1) is 12.2. The average molecular weight is 343 g/mol. The number of carbonyl (C=O) groups is 1. The number of benzene rings is 1. The number of ether oxygens (including phenoxy) is 2. The first-order valence-electron chi connectivity index (χ1n) is 8.44. The van der Waals surface area contributed by atoms with Gasteiger partial charge in [-0.2, -0.15) is 5.10 Å². The lowest BCUT2D eigenvalue weighted by Gasteiger charge is -2.35. The monoisotopic (exact) mass is 343 g/mol. The molecule has 1 saturated heterocycles. The van der Waals surface area contributed by atoms with Crippen molar-refractivity contribution in [2.24, 2.45) is 0 Å². The summed E-state index contributed by atoms with van der Waals surface area (Å²) in [6.45, 7) is 6.15. The van der Waals surface area contributed by atoms with Crippen LogP contribution in [-0.2, 0) is 11.3 Å². The van der Waals surface area contributed by atoms with Crippen LogP contribution in [0.3, 0.4) is 0 Å². The number of nitrogens with zero attached hydrogens (tertiary/aromatic N) is 5. The molecule has 8 heteroatoms. The van der Waals surface area contributed by atoms with Crippen molar-refractivity contribution in [3.63, 3.8) is 0 Å². The number of aromatic nitrogens is 3. The number of hydrogen-bond donors (Lipinski definition) is 0. The van der Waals surface area contributed by atoms with E-state index in [1.165, 1.54) is 11.9 Å². The highest BCUT2D eigenvalue weighted by Gasteiger charge is 2.26. The maximum absolute atomic E-state index is 12.6. The normalized spacial score (nSPS) is 18.4. The minimum absolute atomic E-state index is 0.0910. The lowest BCUT2D eigenvalue weighted by Crippen LogP contribution is -2.49. The number of rotatable bonds is 4. The molecule has 0 aliphatic carbocycles. The third-order valence-electron chi connectivity index (χ3n) is 4.72. The fourth-order valence-corrected chi connectivity index (χ4v) is 3.22. The summed E-state index contributed by atoms with van der Waals surface area (Å²) >= 11 is 0. The highest BCUT2D eigenvalue weighted by atomic mass is 16.7. The van der Waals surface area contributed by atoms with Crippen LogP contribution in [0.4, 0.5) is 0 Å². The average Bonchev–Trinajstić information content (AvgIpc) is 3.32. The summed E-state index contributed by atoms with van der Waals surface area (Å²) < 4.78 is 12.4. The van der Waals surface area contributed by atoms with Gasteiger partial charge in [-0.1, -0.05) is 6.07 Å². The molecular formula is C17H21N5O3. The molecule has 1 atom stereocenters. The van der Waals surface area contributed by atoms with Gasteiger partial charge in [0.25, 0.3) is 0 Å². The second-order valence-corrected chi connectivity index (χ2v) is 6.34. The molecule has 4 rings (SSSR count). The summed E-state index contributed by atoms with van der Waals surface area (Å²) in [4.78, 5) is 20.7. The summed E-state index contributed by atoms with van der Waals surface area (Å²) in [5.74, 6) is 1.71. The fourth-order valence-electron chi connectivity index (χ4n) is 3.22. The summed E-state index contributed by atoms with van der Waals surface area (Å²) in [5.41, 5.74) is 1.19. The van der Waals surface area contributed by atoms with Gasteiger partial charge in [0.1, 0.15) is 18.7 Å². The zero-order chi connectivity index (χ0) is 17.2. The second kappa shape index (κ2) is 6.72. The van der Waals surface area contributed by atoms with Crippen LogP contribution in [0, 0.1) is 0 Å². The smallest absolute Gasteiger partial charge is 0.247 e. The summed E-state index contributed by atoms with van der Waals surface area (Å²) in [6, 6.07) is 5.74. The van der Waals surface area contributed by atoms with Gasteiger partial charge in [-0.25, -0.2) is 9.67 Å². The number of fused-ring (bicyclic) bond motifs is 1. The molecule has 2 aliphatic heterocycles. The maximum atomic E-state index is 12.6. The predicted octanol–water partition coefficient (Wildman–Crippen LogP) is 0.912. The standard InChI is InChI=1S/C17H21N5O3/c1-13(22-11-18-10-19-22)17(23)21-6-4-20(5-7-21)9-14-2-3-15-16(8-14)25-12-24-15/h2-3,8,10-11,13H,4-7,9,12H2,1H3. The molecular weight excluding hydrogens is 322 g/mol. The molecule has 3 heterocycles. The molecule has 1 aromatic heterocycles. The van der Waals surface area contributed by atoms with Crippen molar-refractivity contribution in [3.05, 3.63) is 36.4 Å². The Morgan fingerprint density at radius 2 is 2.00 bits per heavy atom. The van der Waals surface area contributed by atoms with Crippen LogP contribution >= 0.6 is 0 Å². The van der Waals surface area contributed by atoms with Gasteiger partial charge in [0.15, 0.2) is 11.5 Å². The van der Waals surface area contributed by atoms with E-state index in [0.29, 0.717) is 6.79 Å². The molecule has 1 aromatic carbocycles. The van der Waals surface area contributed by atoms with Crippen molar-refractivity contribution >= 4 is 5.91 Å². The van der Waals surface area contributed by atoms with Gasteiger partial charge in [0.2, 0.25) is 12.7 Å². The van der Waals surface area contributed by atoms with E-state index < -0.39 is 0 Å². The van der Waals surface area contributed by atoms with E-state index in [4.69, 9.17) is 9.47 Å². The molecule has 1 fully saturated rings. The van der Waals surface area contributed by atoms with E-state index in [-0.39, 0.29) is 11.9 Å². The molecule has 1 amide bonds. The van der Waals surface area contributed by atoms with Gasteiger partial charge in [0, 0.05) is 32.7 Å². The minimum atomic E-state index is -0.317. The zero-order valence-corrected chi connectivity index (χ0v) is 14.2. The van der Waals surface area contributed by atoms with Crippen LogP contribution in [0.2, 0.25) is 0 Å². The Bertz CT molecular complexity index is 741. The van der Waals surface area contributed by atoms with Crippen LogP contribution < -0.4 is 9.47 Å². The van der Waals surface area contributed by atoms with Gasteiger partial charge in [-0.3, -0.25) is 9.69 Å². The molecule has 0 saturated carbocycles. The van der Waals surface area contributed by atoms with Crippen LogP contribution in [0.15, 0.2) is 30.9 Å². The largest absolute Gasteiger partial charge is 0.454 e. The van der Waals surface area contributed by atoms with Gasteiger partial charge in [-0.05, 0) is 24.6 Å². The Hall–Kier alpha value is -2.61. The van der Waals surface area contributed by atoms with Crippen LogP contribution in [0.1, 0.15) is 18.5 Å².